The first-order valence-corrected chi connectivity index (χ1v) is 11.3. The molecular formula is C19H19O2PSi. The zero-order chi connectivity index (χ0) is 16.1. The van der Waals surface area contributed by atoms with Crippen molar-refractivity contribution in [3.05, 3.63) is 91.0 Å². The van der Waals surface area contributed by atoms with Crippen LogP contribution in [0, 0.1) is 0 Å². The number of hydrogen-bond acceptors (Lipinski definition) is 2. The van der Waals surface area contributed by atoms with Crippen LogP contribution in [0.25, 0.3) is 0 Å². The molecule has 2 nitrogen and oxygen atoms in total. The molecule has 0 bridgehead atoms. The van der Waals surface area contributed by atoms with E-state index in [9.17, 15) is 4.57 Å². The maximum atomic E-state index is 12.2. The maximum absolute atomic E-state index is 12.2. The molecule has 0 aliphatic carbocycles. The van der Waals surface area contributed by atoms with E-state index in [4.69, 9.17) is 4.21 Å². The SMILES string of the molecule is C[PH](=O)O[Si](c1ccccc1)(c1ccccc1)c1ccccc1. The van der Waals surface area contributed by atoms with Gasteiger partial charge in [-0.15, -0.1) is 0 Å². The van der Waals surface area contributed by atoms with E-state index in [1.54, 1.807) is 6.66 Å². The lowest BCUT2D eigenvalue weighted by molar-refractivity contribution is 0.518. The highest BCUT2D eigenvalue weighted by Crippen LogP contribution is 2.24. The summed E-state index contributed by atoms with van der Waals surface area (Å²) in [5, 5.41) is 3.33. The van der Waals surface area contributed by atoms with Gasteiger partial charge in [-0.2, -0.15) is 0 Å². The lowest BCUT2D eigenvalue weighted by Gasteiger charge is -2.32. The van der Waals surface area contributed by atoms with Crippen LogP contribution in [0.1, 0.15) is 0 Å². The number of hydrogen-bond donors (Lipinski definition) is 0. The van der Waals surface area contributed by atoms with E-state index in [0.717, 1.165) is 15.6 Å². The monoisotopic (exact) mass is 338 g/mol. The Hall–Kier alpha value is -1.93. The van der Waals surface area contributed by atoms with E-state index in [2.05, 4.69) is 36.4 Å². The van der Waals surface area contributed by atoms with Gasteiger partial charge < -0.3 is 4.21 Å². The first-order chi connectivity index (χ1) is 11.2. The Kier molecular flexibility index (Phi) is 4.92. The summed E-state index contributed by atoms with van der Waals surface area (Å²) >= 11 is 0. The van der Waals surface area contributed by atoms with E-state index in [1.807, 2.05) is 54.6 Å². The molecule has 116 valence electrons. The lowest BCUT2D eigenvalue weighted by atomic mass is 10.3. The molecular weight excluding hydrogens is 319 g/mol. The summed E-state index contributed by atoms with van der Waals surface area (Å²) in [5.74, 6) is 0. The van der Waals surface area contributed by atoms with Crippen molar-refractivity contribution < 1.29 is 8.78 Å². The van der Waals surface area contributed by atoms with Crippen LogP contribution < -0.4 is 15.6 Å². The van der Waals surface area contributed by atoms with Gasteiger partial charge in [-0.3, -0.25) is 4.57 Å². The third-order valence-electron chi connectivity index (χ3n) is 3.84. The molecule has 0 fully saturated rings. The molecule has 0 heterocycles. The fourth-order valence-electron chi connectivity index (χ4n) is 2.91. The van der Waals surface area contributed by atoms with E-state index in [-0.39, 0.29) is 0 Å². The van der Waals surface area contributed by atoms with E-state index < -0.39 is 16.3 Å². The molecule has 0 aliphatic rings. The molecule has 0 saturated heterocycles. The van der Waals surface area contributed by atoms with Crippen molar-refractivity contribution in [2.75, 3.05) is 6.66 Å². The average Bonchev–Trinajstić information content (AvgIpc) is 2.62. The number of rotatable bonds is 5. The van der Waals surface area contributed by atoms with Gasteiger partial charge in [0, 0.05) is 6.66 Å². The van der Waals surface area contributed by atoms with Crippen molar-refractivity contribution >= 4 is 31.9 Å². The van der Waals surface area contributed by atoms with E-state index in [0.29, 0.717) is 0 Å². The van der Waals surface area contributed by atoms with Gasteiger partial charge in [0.25, 0.3) is 8.32 Å². The van der Waals surface area contributed by atoms with Crippen molar-refractivity contribution in [3.8, 4) is 0 Å². The molecule has 0 aliphatic heterocycles. The van der Waals surface area contributed by atoms with Crippen molar-refractivity contribution in [1.82, 2.24) is 0 Å². The summed E-state index contributed by atoms with van der Waals surface area (Å²) in [4.78, 5) is 0. The molecule has 1 atom stereocenters. The summed E-state index contributed by atoms with van der Waals surface area (Å²) in [6.45, 7) is 1.67. The van der Waals surface area contributed by atoms with E-state index in [1.165, 1.54) is 0 Å². The quantitative estimate of drug-likeness (QED) is 0.406. The predicted molar refractivity (Wildman–Crippen MR) is 100.0 cm³/mol. The Labute approximate surface area is 138 Å². The second-order valence-electron chi connectivity index (χ2n) is 5.37. The largest absolute Gasteiger partial charge is 0.357 e. The molecule has 0 spiro atoms. The summed E-state index contributed by atoms with van der Waals surface area (Å²) < 4.78 is 18.5. The molecule has 0 saturated carbocycles. The van der Waals surface area contributed by atoms with E-state index >= 15 is 0 Å². The standard InChI is InChI=1S/C19H19O2PSi/c1-22(20)21-23(17-11-5-2-6-12-17,18-13-7-3-8-14-18)19-15-9-4-10-16-19/h2-16,22H,1H3. The summed E-state index contributed by atoms with van der Waals surface area (Å²) in [6.07, 6.45) is 0. The predicted octanol–water partition coefficient (Wildman–Crippen LogP) is 2.77. The fraction of sp³-hybridized carbons (Fsp3) is 0.0526. The summed E-state index contributed by atoms with van der Waals surface area (Å²) in [6, 6.07) is 30.5. The summed E-state index contributed by atoms with van der Waals surface area (Å²) in [5.41, 5.74) is 0. The second-order valence-corrected chi connectivity index (χ2v) is 10.3. The Morgan fingerprint density at radius 2 is 0.957 bits per heavy atom. The van der Waals surface area contributed by atoms with Crippen LogP contribution in [0.4, 0.5) is 0 Å². The zero-order valence-corrected chi connectivity index (χ0v) is 15.0. The summed E-state index contributed by atoms with van der Waals surface area (Å²) in [7, 11) is -4.87. The van der Waals surface area contributed by atoms with Gasteiger partial charge in [0.15, 0.2) is 8.03 Å². The Morgan fingerprint density at radius 1 is 0.652 bits per heavy atom. The van der Waals surface area contributed by atoms with Gasteiger partial charge in [-0.1, -0.05) is 91.0 Å². The maximum Gasteiger partial charge on any atom is 0.295 e. The van der Waals surface area contributed by atoms with Crippen LogP contribution in [-0.2, 0) is 8.78 Å². The third-order valence-corrected chi connectivity index (χ3v) is 9.65. The lowest BCUT2D eigenvalue weighted by Crippen LogP contribution is -2.68. The fourth-order valence-corrected chi connectivity index (χ4v) is 9.04. The Balaban J connectivity index is 2.32. The Morgan fingerprint density at radius 3 is 1.22 bits per heavy atom. The van der Waals surface area contributed by atoms with Crippen molar-refractivity contribution in [3.63, 3.8) is 0 Å². The van der Waals surface area contributed by atoms with Crippen LogP contribution in [0.3, 0.4) is 0 Å². The van der Waals surface area contributed by atoms with Crippen LogP contribution >= 0.6 is 8.03 Å². The minimum absolute atomic E-state index is 1.11. The molecule has 3 aromatic rings. The zero-order valence-electron chi connectivity index (χ0n) is 13.0. The molecule has 0 amide bonds. The van der Waals surface area contributed by atoms with Gasteiger partial charge in [-0.25, -0.2) is 0 Å². The molecule has 4 heteroatoms. The van der Waals surface area contributed by atoms with Gasteiger partial charge >= 0.3 is 0 Å². The van der Waals surface area contributed by atoms with Gasteiger partial charge in [0.1, 0.15) is 0 Å². The highest BCUT2D eigenvalue weighted by atomic mass is 31.1. The molecule has 0 N–H and O–H groups in total. The van der Waals surface area contributed by atoms with Crippen molar-refractivity contribution in [2.24, 2.45) is 0 Å². The van der Waals surface area contributed by atoms with Gasteiger partial charge in [-0.05, 0) is 15.6 Å². The highest BCUT2D eigenvalue weighted by Gasteiger charge is 2.42. The first kappa shape index (κ1) is 15.9. The third kappa shape index (κ3) is 3.23. The Bertz CT molecular complexity index is 680. The molecule has 23 heavy (non-hydrogen) atoms. The topological polar surface area (TPSA) is 26.3 Å². The normalized spacial score (nSPS) is 12.7. The second kappa shape index (κ2) is 7.09. The van der Waals surface area contributed by atoms with Crippen molar-refractivity contribution in [2.45, 2.75) is 0 Å². The molecule has 3 rings (SSSR count). The van der Waals surface area contributed by atoms with Crippen LogP contribution in [-0.4, -0.2) is 15.0 Å². The van der Waals surface area contributed by atoms with Gasteiger partial charge in [0.05, 0.1) is 0 Å². The van der Waals surface area contributed by atoms with Crippen LogP contribution in [0.15, 0.2) is 91.0 Å². The van der Waals surface area contributed by atoms with Crippen LogP contribution in [0.5, 0.6) is 0 Å². The molecule has 0 radical (unpaired) electrons. The average molecular weight is 338 g/mol. The highest BCUT2D eigenvalue weighted by molar-refractivity contribution is 7.42. The van der Waals surface area contributed by atoms with Crippen molar-refractivity contribution in [1.29, 1.82) is 0 Å². The first-order valence-electron chi connectivity index (χ1n) is 7.59. The smallest absolute Gasteiger partial charge is 0.295 e. The van der Waals surface area contributed by atoms with Crippen LogP contribution in [0.2, 0.25) is 0 Å². The molecule has 0 aromatic heterocycles. The molecule has 1 unspecified atom stereocenters. The minimum Gasteiger partial charge on any atom is -0.357 e. The minimum atomic E-state index is -2.75. The molecule has 3 aromatic carbocycles. The number of benzene rings is 3. The van der Waals surface area contributed by atoms with Gasteiger partial charge in [0.2, 0.25) is 0 Å².